The van der Waals surface area contributed by atoms with E-state index < -0.39 is 11.8 Å². The van der Waals surface area contributed by atoms with E-state index in [1.165, 1.54) is 14.2 Å². The third kappa shape index (κ3) is 5.93. The number of nitrogens with one attached hydrogen (secondary N) is 2. The van der Waals surface area contributed by atoms with Crippen LogP contribution in [0.4, 0.5) is 5.69 Å². The molecule has 3 aromatic rings. The second kappa shape index (κ2) is 10.4. The van der Waals surface area contributed by atoms with Gasteiger partial charge in [-0.15, -0.1) is 0 Å². The number of pyridine rings is 1. The van der Waals surface area contributed by atoms with E-state index in [2.05, 4.69) is 31.5 Å². The largest absolute Gasteiger partial charge is 0.493 e. The molecule has 0 atom stereocenters. The van der Waals surface area contributed by atoms with Crippen LogP contribution in [0, 0.1) is 0 Å². The van der Waals surface area contributed by atoms with Crippen molar-refractivity contribution in [1.29, 1.82) is 0 Å². The Hall–Kier alpha value is -3.65. The number of benzene rings is 2. The van der Waals surface area contributed by atoms with Crippen molar-refractivity contribution in [1.82, 2.24) is 10.3 Å². The number of rotatable bonds is 7. The fourth-order valence-corrected chi connectivity index (χ4v) is 3.12. The van der Waals surface area contributed by atoms with Crippen molar-refractivity contribution < 1.29 is 19.1 Å². The Morgan fingerprint density at radius 3 is 2.48 bits per heavy atom. The smallest absolute Gasteiger partial charge is 0.272 e. The van der Waals surface area contributed by atoms with Crippen LogP contribution in [0.25, 0.3) is 6.08 Å². The molecule has 0 saturated heterocycles. The van der Waals surface area contributed by atoms with Gasteiger partial charge in [0.25, 0.3) is 11.8 Å². The maximum Gasteiger partial charge on any atom is 0.272 e. The summed E-state index contributed by atoms with van der Waals surface area (Å²) in [5.74, 6) is -0.0413. The first-order valence-corrected chi connectivity index (χ1v) is 10.0. The van der Waals surface area contributed by atoms with Gasteiger partial charge in [0.15, 0.2) is 11.5 Å². The number of carbonyl (C=O) groups is 2. The van der Waals surface area contributed by atoms with Crippen LogP contribution in [-0.4, -0.2) is 31.0 Å². The van der Waals surface area contributed by atoms with E-state index in [0.29, 0.717) is 28.3 Å². The Kier molecular flexibility index (Phi) is 7.40. The first-order valence-electron chi connectivity index (χ1n) is 9.22. The Bertz CT molecular complexity index is 1120. The van der Waals surface area contributed by atoms with Crippen LogP contribution < -0.4 is 20.1 Å². The number of halogens is 1. The van der Waals surface area contributed by atoms with Gasteiger partial charge in [0.05, 0.1) is 14.2 Å². The van der Waals surface area contributed by atoms with Crippen LogP contribution in [-0.2, 0) is 4.79 Å². The van der Waals surface area contributed by atoms with Gasteiger partial charge in [-0.2, -0.15) is 0 Å². The molecule has 1 aromatic heterocycles. The number of amides is 2. The molecule has 0 unspecified atom stereocenters. The summed E-state index contributed by atoms with van der Waals surface area (Å²) in [4.78, 5) is 29.9. The van der Waals surface area contributed by atoms with Gasteiger partial charge in [0, 0.05) is 28.1 Å². The Morgan fingerprint density at radius 1 is 1.00 bits per heavy atom. The second-order valence-electron chi connectivity index (χ2n) is 6.33. The van der Waals surface area contributed by atoms with Gasteiger partial charge in [-0.3, -0.25) is 14.6 Å². The van der Waals surface area contributed by atoms with Crippen LogP contribution in [0.5, 0.6) is 11.5 Å². The number of nitrogens with zero attached hydrogens (tertiary/aromatic N) is 1. The third-order valence-corrected chi connectivity index (χ3v) is 4.71. The quantitative estimate of drug-likeness (QED) is 0.491. The molecular formula is C23H20BrN3O4. The molecule has 0 bridgehead atoms. The van der Waals surface area contributed by atoms with Gasteiger partial charge < -0.3 is 20.1 Å². The first-order chi connectivity index (χ1) is 15.0. The van der Waals surface area contributed by atoms with Crippen molar-refractivity contribution in [2.45, 2.75) is 0 Å². The average molecular weight is 482 g/mol. The summed E-state index contributed by atoms with van der Waals surface area (Å²) in [7, 11) is 3.00. The van der Waals surface area contributed by atoms with E-state index >= 15 is 0 Å². The van der Waals surface area contributed by atoms with Gasteiger partial charge in [0.2, 0.25) is 0 Å². The summed E-state index contributed by atoms with van der Waals surface area (Å²) < 4.78 is 11.3. The van der Waals surface area contributed by atoms with Crippen LogP contribution in [0.1, 0.15) is 15.9 Å². The molecule has 0 aliphatic rings. The zero-order valence-electron chi connectivity index (χ0n) is 16.9. The zero-order chi connectivity index (χ0) is 22.2. The van der Waals surface area contributed by atoms with Crippen molar-refractivity contribution in [3.63, 3.8) is 0 Å². The first kappa shape index (κ1) is 22.0. The Labute approximate surface area is 188 Å². The predicted octanol–water partition coefficient (Wildman–Crippen LogP) is 4.27. The molecule has 158 valence electrons. The lowest BCUT2D eigenvalue weighted by Gasteiger charge is -2.13. The maximum atomic E-state index is 12.9. The van der Waals surface area contributed by atoms with Gasteiger partial charge in [-0.1, -0.05) is 28.1 Å². The molecule has 2 aromatic carbocycles. The van der Waals surface area contributed by atoms with E-state index in [0.717, 1.165) is 4.47 Å². The van der Waals surface area contributed by atoms with Gasteiger partial charge in [0.1, 0.15) is 5.70 Å². The van der Waals surface area contributed by atoms with Crippen LogP contribution in [0.15, 0.2) is 77.2 Å². The fourth-order valence-electron chi connectivity index (χ4n) is 2.72. The molecule has 0 radical (unpaired) electrons. The number of carbonyl (C=O) groups excluding carboxylic acids is 2. The van der Waals surface area contributed by atoms with Crippen LogP contribution in [0.2, 0.25) is 0 Å². The molecule has 2 N–H and O–H groups in total. The Morgan fingerprint density at radius 2 is 1.81 bits per heavy atom. The normalized spacial score (nSPS) is 10.9. The van der Waals surface area contributed by atoms with Gasteiger partial charge in [-0.25, -0.2) is 0 Å². The SMILES string of the molecule is COc1ccc(C(=O)NC(=Cc2cccnc2)C(=O)Nc2cccc(Br)c2)cc1OC. The highest BCUT2D eigenvalue weighted by Gasteiger charge is 2.17. The lowest BCUT2D eigenvalue weighted by molar-refractivity contribution is -0.113. The van der Waals surface area contributed by atoms with Crippen LogP contribution >= 0.6 is 15.9 Å². The van der Waals surface area contributed by atoms with Crippen molar-refractivity contribution in [3.8, 4) is 11.5 Å². The number of anilines is 1. The molecule has 31 heavy (non-hydrogen) atoms. The third-order valence-electron chi connectivity index (χ3n) is 4.22. The highest BCUT2D eigenvalue weighted by Crippen LogP contribution is 2.27. The molecule has 1 heterocycles. The number of methoxy groups -OCH3 is 2. The standard InChI is InChI=1S/C23H20BrN3O4/c1-30-20-9-8-16(12-21(20)31-2)22(28)27-19(11-15-5-4-10-25-14-15)23(29)26-18-7-3-6-17(24)13-18/h3-14H,1-2H3,(H,26,29)(H,27,28). The highest BCUT2D eigenvalue weighted by molar-refractivity contribution is 9.10. The molecule has 0 aliphatic heterocycles. The minimum Gasteiger partial charge on any atom is -0.493 e. The van der Waals surface area contributed by atoms with E-state index in [9.17, 15) is 9.59 Å². The summed E-state index contributed by atoms with van der Waals surface area (Å²) in [6, 6.07) is 15.4. The number of hydrogen-bond donors (Lipinski definition) is 2. The maximum absolute atomic E-state index is 12.9. The van der Waals surface area contributed by atoms with Crippen LogP contribution in [0.3, 0.4) is 0 Å². The minimum atomic E-state index is -0.476. The molecule has 0 aliphatic carbocycles. The van der Waals surface area contributed by atoms with Crippen molar-refractivity contribution in [2.75, 3.05) is 19.5 Å². The molecule has 3 rings (SSSR count). The van der Waals surface area contributed by atoms with E-state index in [-0.39, 0.29) is 5.70 Å². The second-order valence-corrected chi connectivity index (χ2v) is 7.25. The highest BCUT2D eigenvalue weighted by atomic mass is 79.9. The Balaban J connectivity index is 1.88. The zero-order valence-corrected chi connectivity index (χ0v) is 18.5. The molecule has 0 saturated carbocycles. The van der Waals surface area contributed by atoms with Crippen molar-refractivity contribution in [3.05, 3.63) is 88.3 Å². The monoisotopic (exact) mass is 481 g/mol. The molecule has 2 amide bonds. The lowest BCUT2D eigenvalue weighted by atomic mass is 10.1. The number of ether oxygens (including phenoxy) is 2. The summed E-state index contributed by atoms with van der Waals surface area (Å²) >= 11 is 3.37. The molecule has 7 nitrogen and oxygen atoms in total. The van der Waals surface area contributed by atoms with E-state index in [4.69, 9.17) is 9.47 Å². The van der Waals surface area contributed by atoms with Crippen molar-refractivity contribution >= 4 is 39.5 Å². The van der Waals surface area contributed by atoms with Gasteiger partial charge >= 0.3 is 0 Å². The summed E-state index contributed by atoms with van der Waals surface area (Å²) in [5, 5.41) is 5.46. The minimum absolute atomic E-state index is 0.0627. The summed E-state index contributed by atoms with van der Waals surface area (Å²) in [6.07, 6.45) is 4.77. The summed E-state index contributed by atoms with van der Waals surface area (Å²) in [5.41, 5.74) is 1.61. The number of aromatic nitrogens is 1. The lowest BCUT2D eigenvalue weighted by Crippen LogP contribution is -2.30. The van der Waals surface area contributed by atoms with E-state index in [1.807, 2.05) is 6.07 Å². The van der Waals surface area contributed by atoms with Crippen molar-refractivity contribution in [2.24, 2.45) is 0 Å². The molecular weight excluding hydrogens is 462 g/mol. The summed E-state index contributed by atoms with van der Waals surface area (Å²) in [6.45, 7) is 0. The molecule has 8 heteroatoms. The fraction of sp³-hybridized carbons (Fsp3) is 0.0870. The topological polar surface area (TPSA) is 89.5 Å². The van der Waals surface area contributed by atoms with E-state index in [1.54, 1.807) is 67.0 Å². The molecule has 0 spiro atoms. The predicted molar refractivity (Wildman–Crippen MR) is 122 cm³/mol. The molecule has 0 fully saturated rings. The van der Waals surface area contributed by atoms with Gasteiger partial charge in [-0.05, 0) is 54.1 Å². The number of hydrogen-bond acceptors (Lipinski definition) is 5. The average Bonchev–Trinajstić information content (AvgIpc) is 2.78.